The van der Waals surface area contributed by atoms with Crippen molar-refractivity contribution in [2.75, 3.05) is 13.1 Å². The molecule has 16 heavy (non-hydrogen) atoms. The van der Waals surface area contributed by atoms with Crippen molar-refractivity contribution >= 4 is 18.5 Å². The van der Waals surface area contributed by atoms with Gasteiger partial charge in [-0.05, 0) is 33.6 Å². The van der Waals surface area contributed by atoms with E-state index in [9.17, 15) is 4.79 Å². The quantitative estimate of drug-likeness (QED) is 0.711. The molecule has 3 aliphatic rings. The van der Waals surface area contributed by atoms with Crippen molar-refractivity contribution in [1.29, 1.82) is 0 Å². The zero-order valence-corrected chi connectivity index (χ0v) is 11.0. The summed E-state index contributed by atoms with van der Waals surface area (Å²) in [5.41, 5.74) is -0.388. The van der Waals surface area contributed by atoms with E-state index >= 15 is 0 Å². The molecule has 2 atom stereocenters. The molecule has 0 aromatic heterocycles. The standard InChI is InChI=1S/C11H20N2O2.ClH/c1-11(2,3)15-10(14)13-7-8-4-5-9(13)6-12-8;/h8-9,12H,4-7H2,1-3H3;1H/t8-,9+;/m0./s1. The van der Waals surface area contributed by atoms with Crippen LogP contribution >= 0.6 is 12.4 Å². The molecule has 2 bridgehead atoms. The fraction of sp³-hybridized carbons (Fsp3) is 0.909. The molecule has 0 saturated carbocycles. The lowest BCUT2D eigenvalue weighted by molar-refractivity contribution is -0.00406. The molecular weight excluding hydrogens is 228 g/mol. The Kier molecular flexibility index (Phi) is 4.07. The van der Waals surface area contributed by atoms with Crippen LogP contribution in [0.1, 0.15) is 33.6 Å². The van der Waals surface area contributed by atoms with Gasteiger partial charge in [-0.15, -0.1) is 12.4 Å². The van der Waals surface area contributed by atoms with Crippen LogP contribution in [0.25, 0.3) is 0 Å². The maximum atomic E-state index is 11.9. The highest BCUT2D eigenvalue weighted by atomic mass is 35.5. The molecule has 3 rings (SSSR count). The molecule has 1 N–H and O–H groups in total. The van der Waals surface area contributed by atoms with Crippen LogP contribution < -0.4 is 5.32 Å². The van der Waals surface area contributed by atoms with Crippen molar-refractivity contribution in [2.24, 2.45) is 0 Å². The van der Waals surface area contributed by atoms with E-state index in [0.717, 1.165) is 19.5 Å². The lowest BCUT2D eigenvalue weighted by atomic mass is 9.93. The number of amides is 1. The second-order valence-corrected chi connectivity index (χ2v) is 5.47. The van der Waals surface area contributed by atoms with Crippen LogP contribution in [-0.2, 0) is 4.74 Å². The number of carbonyl (C=O) groups excluding carboxylic acids is 1. The van der Waals surface area contributed by atoms with Crippen molar-refractivity contribution in [2.45, 2.75) is 51.3 Å². The van der Waals surface area contributed by atoms with Crippen molar-refractivity contribution in [1.82, 2.24) is 10.2 Å². The van der Waals surface area contributed by atoms with Crippen LogP contribution in [0.3, 0.4) is 0 Å². The number of piperazine rings is 1. The molecule has 0 radical (unpaired) electrons. The Bertz CT molecular complexity index is 257. The Hall–Kier alpha value is -0.480. The van der Waals surface area contributed by atoms with E-state index < -0.39 is 0 Å². The van der Waals surface area contributed by atoms with Gasteiger partial charge in [-0.1, -0.05) is 0 Å². The Morgan fingerprint density at radius 1 is 1.38 bits per heavy atom. The first-order chi connectivity index (χ1) is 6.96. The fourth-order valence-electron chi connectivity index (χ4n) is 2.25. The Morgan fingerprint density at radius 2 is 2.06 bits per heavy atom. The smallest absolute Gasteiger partial charge is 0.410 e. The molecule has 0 unspecified atom stereocenters. The maximum absolute atomic E-state index is 11.9. The number of hydrogen-bond donors (Lipinski definition) is 1. The van der Waals surface area contributed by atoms with Gasteiger partial charge in [-0.25, -0.2) is 4.79 Å². The normalized spacial score (nSPS) is 28.6. The zero-order valence-electron chi connectivity index (χ0n) is 10.2. The van der Waals surface area contributed by atoms with Crippen LogP contribution in [0.15, 0.2) is 0 Å². The third kappa shape index (κ3) is 3.01. The maximum Gasteiger partial charge on any atom is 0.410 e. The first kappa shape index (κ1) is 13.6. The van der Waals surface area contributed by atoms with Crippen molar-refractivity contribution in [3.05, 3.63) is 0 Å². The molecule has 1 amide bonds. The van der Waals surface area contributed by atoms with E-state index in [4.69, 9.17) is 4.74 Å². The van der Waals surface area contributed by atoms with Crippen molar-refractivity contribution in [3.8, 4) is 0 Å². The molecule has 94 valence electrons. The summed E-state index contributed by atoms with van der Waals surface area (Å²) >= 11 is 0. The number of carbonyl (C=O) groups is 1. The summed E-state index contributed by atoms with van der Waals surface area (Å²) < 4.78 is 5.39. The first-order valence-electron chi connectivity index (χ1n) is 5.69. The van der Waals surface area contributed by atoms with Gasteiger partial charge in [-0.3, -0.25) is 0 Å². The van der Waals surface area contributed by atoms with Gasteiger partial charge in [0.15, 0.2) is 0 Å². The molecule has 5 heteroatoms. The molecule has 3 fully saturated rings. The van der Waals surface area contributed by atoms with E-state index in [1.165, 1.54) is 6.42 Å². The average molecular weight is 249 g/mol. The first-order valence-corrected chi connectivity index (χ1v) is 5.69. The van der Waals surface area contributed by atoms with Crippen molar-refractivity contribution < 1.29 is 9.53 Å². The van der Waals surface area contributed by atoms with E-state index in [1.807, 2.05) is 25.7 Å². The number of hydrogen-bond acceptors (Lipinski definition) is 3. The molecular formula is C11H21ClN2O2. The third-order valence-electron chi connectivity index (χ3n) is 2.98. The Labute approximate surface area is 103 Å². The Morgan fingerprint density at radius 3 is 2.44 bits per heavy atom. The molecule has 0 aromatic carbocycles. The monoisotopic (exact) mass is 248 g/mol. The lowest BCUT2D eigenvalue weighted by Gasteiger charge is -2.45. The van der Waals surface area contributed by atoms with Gasteiger partial charge in [0.25, 0.3) is 0 Å². The predicted octanol–water partition coefficient (Wildman–Crippen LogP) is 1.78. The number of halogens is 1. The van der Waals surface area contributed by atoms with Gasteiger partial charge in [-0.2, -0.15) is 0 Å². The van der Waals surface area contributed by atoms with Gasteiger partial charge in [0.2, 0.25) is 0 Å². The highest BCUT2D eigenvalue weighted by molar-refractivity contribution is 5.85. The summed E-state index contributed by atoms with van der Waals surface area (Å²) in [6.45, 7) is 7.45. The van der Waals surface area contributed by atoms with Crippen LogP contribution in [-0.4, -0.2) is 41.8 Å². The summed E-state index contributed by atoms with van der Waals surface area (Å²) in [4.78, 5) is 13.8. The van der Waals surface area contributed by atoms with E-state index in [1.54, 1.807) is 0 Å². The second kappa shape index (κ2) is 4.80. The van der Waals surface area contributed by atoms with Gasteiger partial charge in [0.1, 0.15) is 5.60 Å². The molecule has 3 aliphatic heterocycles. The number of fused-ring (bicyclic) bond motifs is 3. The minimum Gasteiger partial charge on any atom is -0.444 e. The number of nitrogens with one attached hydrogen (secondary N) is 1. The summed E-state index contributed by atoms with van der Waals surface area (Å²) in [6.07, 6.45) is 2.14. The van der Waals surface area contributed by atoms with Gasteiger partial charge < -0.3 is 15.0 Å². The second-order valence-electron chi connectivity index (χ2n) is 5.47. The molecule has 0 aromatic rings. The fourth-order valence-corrected chi connectivity index (χ4v) is 2.25. The van der Waals surface area contributed by atoms with E-state index in [2.05, 4.69) is 5.32 Å². The van der Waals surface area contributed by atoms with E-state index in [0.29, 0.717) is 12.1 Å². The van der Waals surface area contributed by atoms with Gasteiger partial charge in [0, 0.05) is 25.2 Å². The number of piperidine rings is 2. The summed E-state index contributed by atoms with van der Waals surface area (Å²) in [6, 6.07) is 0.812. The number of ether oxygens (including phenoxy) is 1. The molecule has 0 spiro atoms. The summed E-state index contributed by atoms with van der Waals surface area (Å²) in [5, 5.41) is 3.42. The van der Waals surface area contributed by atoms with Crippen molar-refractivity contribution in [3.63, 3.8) is 0 Å². The predicted molar refractivity (Wildman–Crippen MR) is 65.0 cm³/mol. The zero-order chi connectivity index (χ0) is 11.1. The largest absolute Gasteiger partial charge is 0.444 e. The van der Waals surface area contributed by atoms with Crippen LogP contribution in [0.4, 0.5) is 4.79 Å². The molecule has 0 aliphatic carbocycles. The minimum absolute atomic E-state index is 0. The lowest BCUT2D eigenvalue weighted by Crippen LogP contribution is -2.62. The number of rotatable bonds is 0. The minimum atomic E-state index is -0.388. The third-order valence-corrected chi connectivity index (χ3v) is 2.98. The SMILES string of the molecule is CC(C)(C)OC(=O)N1C[C@@H]2CC[C@@H]1CN2.Cl. The number of nitrogens with zero attached hydrogens (tertiary/aromatic N) is 1. The molecule has 3 saturated heterocycles. The molecule has 3 heterocycles. The summed E-state index contributed by atoms with van der Waals surface area (Å²) in [7, 11) is 0. The summed E-state index contributed by atoms with van der Waals surface area (Å²) in [5.74, 6) is 0. The van der Waals surface area contributed by atoms with Crippen LogP contribution in [0.2, 0.25) is 0 Å². The highest BCUT2D eigenvalue weighted by Crippen LogP contribution is 2.24. The van der Waals surface area contributed by atoms with Crippen LogP contribution in [0, 0.1) is 0 Å². The van der Waals surface area contributed by atoms with E-state index in [-0.39, 0.29) is 24.1 Å². The van der Waals surface area contributed by atoms with Gasteiger partial charge >= 0.3 is 6.09 Å². The molecule has 4 nitrogen and oxygen atoms in total. The van der Waals surface area contributed by atoms with Gasteiger partial charge in [0.05, 0.1) is 0 Å². The average Bonchev–Trinajstić information content (AvgIpc) is 2.17. The topological polar surface area (TPSA) is 41.6 Å². The Balaban J connectivity index is 0.00000128. The highest BCUT2D eigenvalue weighted by Gasteiger charge is 2.37. The van der Waals surface area contributed by atoms with Crippen LogP contribution in [0.5, 0.6) is 0 Å².